The molecule has 5 heteroatoms. The number of rotatable bonds is 5. The molecule has 1 aromatic carbocycles. The molecule has 0 amide bonds. The molecule has 0 saturated heterocycles. The lowest BCUT2D eigenvalue weighted by Crippen LogP contribution is -2.16. The van der Waals surface area contributed by atoms with E-state index in [0.29, 0.717) is 12.6 Å². The van der Waals surface area contributed by atoms with Crippen molar-refractivity contribution >= 4 is 11.6 Å². The van der Waals surface area contributed by atoms with Gasteiger partial charge in [0, 0.05) is 11.1 Å². The monoisotopic (exact) mass is 262 g/mol. The third kappa shape index (κ3) is 3.09. The fourth-order valence-corrected chi connectivity index (χ4v) is 2.05. The van der Waals surface area contributed by atoms with E-state index in [9.17, 15) is 0 Å². The minimum absolute atomic E-state index is 0.685. The number of nitrogens with one attached hydrogen (secondary N) is 1. The van der Waals surface area contributed by atoms with Gasteiger partial charge >= 0.3 is 0 Å². The zero-order chi connectivity index (χ0) is 12.4. The van der Waals surface area contributed by atoms with Crippen molar-refractivity contribution in [3.05, 3.63) is 47.0 Å². The number of nitrogens with zero attached hydrogens (tertiary/aromatic N) is 3. The van der Waals surface area contributed by atoms with Crippen LogP contribution in [-0.4, -0.2) is 20.8 Å². The van der Waals surface area contributed by atoms with E-state index in [-0.39, 0.29) is 0 Å². The standard InChI is InChI=1S/C13H15ClN4/c14-11-3-1-2-10(6-11)8-18-9-16-13(17-18)7-15-12-4-5-12/h1-3,6,9,12,15H,4-5,7-8H2. The van der Waals surface area contributed by atoms with Crippen LogP contribution in [0.2, 0.25) is 5.02 Å². The van der Waals surface area contributed by atoms with Gasteiger partial charge in [-0.15, -0.1) is 0 Å². The maximum Gasteiger partial charge on any atom is 0.164 e. The summed E-state index contributed by atoms with van der Waals surface area (Å²) >= 11 is 5.95. The van der Waals surface area contributed by atoms with Gasteiger partial charge in [0.05, 0.1) is 13.1 Å². The Morgan fingerprint density at radius 1 is 1.39 bits per heavy atom. The molecular weight excluding hydrogens is 248 g/mol. The summed E-state index contributed by atoms with van der Waals surface area (Å²) in [6.07, 6.45) is 4.33. The highest BCUT2D eigenvalue weighted by Crippen LogP contribution is 2.18. The van der Waals surface area contributed by atoms with E-state index in [1.54, 1.807) is 6.33 Å². The number of hydrogen-bond donors (Lipinski definition) is 1. The highest BCUT2D eigenvalue weighted by atomic mass is 35.5. The van der Waals surface area contributed by atoms with E-state index < -0.39 is 0 Å². The Kier molecular flexibility index (Phi) is 3.30. The Morgan fingerprint density at radius 2 is 2.28 bits per heavy atom. The summed E-state index contributed by atoms with van der Waals surface area (Å²) in [5.74, 6) is 0.851. The van der Waals surface area contributed by atoms with E-state index in [1.165, 1.54) is 12.8 Å². The van der Waals surface area contributed by atoms with E-state index >= 15 is 0 Å². The zero-order valence-electron chi connectivity index (χ0n) is 10.0. The van der Waals surface area contributed by atoms with Gasteiger partial charge in [-0.2, -0.15) is 5.10 Å². The summed E-state index contributed by atoms with van der Waals surface area (Å²) < 4.78 is 1.84. The molecule has 0 atom stereocenters. The van der Waals surface area contributed by atoms with Gasteiger partial charge in [-0.25, -0.2) is 9.67 Å². The van der Waals surface area contributed by atoms with Crippen molar-refractivity contribution in [1.29, 1.82) is 0 Å². The summed E-state index contributed by atoms with van der Waals surface area (Å²) in [6.45, 7) is 1.46. The third-order valence-corrected chi connectivity index (χ3v) is 3.18. The summed E-state index contributed by atoms with van der Waals surface area (Å²) in [6, 6.07) is 8.49. The maximum atomic E-state index is 5.95. The second-order valence-corrected chi connectivity index (χ2v) is 5.08. The van der Waals surface area contributed by atoms with Crippen molar-refractivity contribution in [1.82, 2.24) is 20.1 Å². The summed E-state index contributed by atoms with van der Waals surface area (Å²) in [7, 11) is 0. The second kappa shape index (κ2) is 5.08. The van der Waals surface area contributed by atoms with E-state index in [4.69, 9.17) is 11.6 Å². The van der Waals surface area contributed by atoms with Gasteiger partial charge in [-0.3, -0.25) is 0 Å². The predicted molar refractivity (Wildman–Crippen MR) is 70.4 cm³/mol. The summed E-state index contributed by atoms with van der Waals surface area (Å²) in [5, 5.41) is 8.59. The zero-order valence-corrected chi connectivity index (χ0v) is 10.8. The van der Waals surface area contributed by atoms with Crippen LogP contribution >= 0.6 is 11.6 Å². The lowest BCUT2D eigenvalue weighted by atomic mass is 10.2. The molecule has 1 aromatic heterocycles. The molecule has 1 aliphatic carbocycles. The smallest absolute Gasteiger partial charge is 0.164 e. The van der Waals surface area contributed by atoms with Crippen molar-refractivity contribution in [3.8, 4) is 0 Å². The van der Waals surface area contributed by atoms with Crippen molar-refractivity contribution < 1.29 is 0 Å². The summed E-state index contributed by atoms with van der Waals surface area (Å²) in [4.78, 5) is 4.29. The second-order valence-electron chi connectivity index (χ2n) is 4.64. The molecule has 3 rings (SSSR count). The van der Waals surface area contributed by atoms with Gasteiger partial charge in [-0.1, -0.05) is 23.7 Å². The van der Waals surface area contributed by atoms with Crippen molar-refractivity contribution in [2.75, 3.05) is 0 Å². The average molecular weight is 263 g/mol. The molecule has 1 aliphatic rings. The fraction of sp³-hybridized carbons (Fsp3) is 0.385. The summed E-state index contributed by atoms with van der Waals surface area (Å²) in [5.41, 5.74) is 1.13. The molecule has 0 spiro atoms. The van der Waals surface area contributed by atoms with Crippen LogP contribution in [0.15, 0.2) is 30.6 Å². The SMILES string of the molecule is Clc1cccc(Cn2cnc(CNC3CC3)n2)c1. The van der Waals surface area contributed by atoms with Gasteiger partial charge in [0.2, 0.25) is 0 Å². The third-order valence-electron chi connectivity index (χ3n) is 2.94. The topological polar surface area (TPSA) is 42.7 Å². The van der Waals surface area contributed by atoms with Gasteiger partial charge in [0.15, 0.2) is 5.82 Å². The van der Waals surface area contributed by atoms with Crippen LogP contribution in [0, 0.1) is 0 Å². The molecule has 0 radical (unpaired) electrons. The minimum Gasteiger partial charge on any atom is -0.307 e. The van der Waals surface area contributed by atoms with Gasteiger partial charge < -0.3 is 5.32 Å². The van der Waals surface area contributed by atoms with Gasteiger partial charge in [-0.05, 0) is 30.5 Å². The molecule has 1 heterocycles. The molecule has 2 aromatic rings. The molecule has 94 valence electrons. The molecule has 1 N–H and O–H groups in total. The number of aromatic nitrogens is 3. The van der Waals surface area contributed by atoms with Crippen molar-refractivity contribution in [3.63, 3.8) is 0 Å². The quantitative estimate of drug-likeness (QED) is 0.899. The first-order chi connectivity index (χ1) is 8.79. The largest absolute Gasteiger partial charge is 0.307 e. The lowest BCUT2D eigenvalue weighted by molar-refractivity contribution is 0.628. The Morgan fingerprint density at radius 3 is 3.06 bits per heavy atom. The Hall–Kier alpha value is -1.39. The highest BCUT2D eigenvalue weighted by molar-refractivity contribution is 6.30. The number of benzene rings is 1. The van der Waals surface area contributed by atoms with Crippen LogP contribution in [0.5, 0.6) is 0 Å². The fourth-order valence-electron chi connectivity index (χ4n) is 1.84. The van der Waals surface area contributed by atoms with E-state index in [1.807, 2.05) is 28.9 Å². The molecule has 4 nitrogen and oxygen atoms in total. The van der Waals surface area contributed by atoms with Crippen LogP contribution in [0.3, 0.4) is 0 Å². The molecular formula is C13H15ClN4. The molecule has 0 bridgehead atoms. The molecule has 18 heavy (non-hydrogen) atoms. The molecule has 0 aliphatic heterocycles. The Balaban J connectivity index is 1.61. The Bertz CT molecular complexity index is 533. The molecule has 0 unspecified atom stereocenters. The highest BCUT2D eigenvalue weighted by Gasteiger charge is 2.20. The number of hydrogen-bond acceptors (Lipinski definition) is 3. The number of halogens is 1. The van der Waals surface area contributed by atoms with Crippen LogP contribution in [0.1, 0.15) is 24.2 Å². The molecule has 1 saturated carbocycles. The maximum absolute atomic E-state index is 5.95. The lowest BCUT2D eigenvalue weighted by Gasteiger charge is -2.01. The first-order valence-corrected chi connectivity index (χ1v) is 6.53. The van der Waals surface area contributed by atoms with Crippen LogP contribution < -0.4 is 5.32 Å². The minimum atomic E-state index is 0.685. The van der Waals surface area contributed by atoms with Crippen LogP contribution in [-0.2, 0) is 13.1 Å². The van der Waals surface area contributed by atoms with Gasteiger partial charge in [0.25, 0.3) is 0 Å². The van der Waals surface area contributed by atoms with E-state index in [2.05, 4.69) is 15.4 Å². The normalized spacial score (nSPS) is 14.9. The first kappa shape index (κ1) is 11.7. The molecule has 1 fully saturated rings. The van der Waals surface area contributed by atoms with Crippen LogP contribution in [0.25, 0.3) is 0 Å². The van der Waals surface area contributed by atoms with Gasteiger partial charge in [0.1, 0.15) is 6.33 Å². The average Bonchev–Trinajstić information content (AvgIpc) is 3.08. The van der Waals surface area contributed by atoms with Crippen molar-refractivity contribution in [2.24, 2.45) is 0 Å². The van der Waals surface area contributed by atoms with E-state index in [0.717, 1.165) is 23.0 Å². The first-order valence-electron chi connectivity index (χ1n) is 6.16. The predicted octanol–water partition coefficient (Wildman–Crippen LogP) is 2.23. The van der Waals surface area contributed by atoms with Crippen molar-refractivity contribution in [2.45, 2.75) is 32.0 Å². The van der Waals surface area contributed by atoms with Crippen LogP contribution in [0.4, 0.5) is 0 Å². The Labute approximate surface area is 111 Å².